The summed E-state index contributed by atoms with van der Waals surface area (Å²) in [6, 6.07) is 19.7. The predicted molar refractivity (Wildman–Crippen MR) is 129 cm³/mol. The largest absolute Gasteiger partial charge is 0.290 e. The Morgan fingerprint density at radius 2 is 1.75 bits per heavy atom. The number of benzene rings is 3. The zero-order valence-corrected chi connectivity index (χ0v) is 18.6. The van der Waals surface area contributed by atoms with E-state index in [2.05, 4.69) is 4.99 Å². The lowest BCUT2D eigenvalue weighted by molar-refractivity contribution is -0.396. The molecule has 160 valence electrons. The van der Waals surface area contributed by atoms with E-state index in [-0.39, 0.29) is 11.4 Å². The van der Waals surface area contributed by atoms with Crippen molar-refractivity contribution in [2.75, 3.05) is 0 Å². The molecule has 3 aromatic carbocycles. The van der Waals surface area contributed by atoms with Gasteiger partial charge in [-0.3, -0.25) is 25.2 Å². The number of hydrogen-bond donors (Lipinski definition) is 0. The summed E-state index contributed by atoms with van der Waals surface area (Å²) < 4.78 is 0.850. The van der Waals surface area contributed by atoms with Gasteiger partial charge in [0.25, 0.3) is 11.4 Å². The second-order valence-corrected chi connectivity index (χ2v) is 9.31. The molecular weight excluding hydrogens is 446 g/mol. The Labute approximate surface area is 191 Å². The van der Waals surface area contributed by atoms with Crippen molar-refractivity contribution in [1.82, 2.24) is 0 Å². The predicted octanol–water partition coefficient (Wildman–Crippen LogP) is 7.18. The minimum absolute atomic E-state index is 0.284. The van der Waals surface area contributed by atoms with Crippen LogP contribution in [0.25, 0.3) is 10.8 Å². The third kappa shape index (κ3) is 4.68. The SMILES string of the molecule is CCc1cc(C=Nc2ccc3ccccc3c2)c(Sc2ccc([N+](=O)[O-])cc2[N+](=O)[O-])s1. The highest BCUT2D eigenvalue weighted by Gasteiger charge is 2.21. The Bertz CT molecular complexity index is 1360. The zero-order chi connectivity index (χ0) is 22.7. The van der Waals surface area contributed by atoms with Crippen molar-refractivity contribution in [3.05, 3.63) is 97.4 Å². The van der Waals surface area contributed by atoms with Gasteiger partial charge in [0.1, 0.15) is 0 Å². The summed E-state index contributed by atoms with van der Waals surface area (Å²) >= 11 is 2.76. The maximum atomic E-state index is 11.5. The average Bonchev–Trinajstić information content (AvgIpc) is 3.19. The summed E-state index contributed by atoms with van der Waals surface area (Å²) in [6.07, 6.45) is 2.59. The summed E-state index contributed by atoms with van der Waals surface area (Å²) in [6.45, 7) is 2.04. The first-order chi connectivity index (χ1) is 15.4. The maximum absolute atomic E-state index is 11.5. The van der Waals surface area contributed by atoms with Gasteiger partial charge in [0.05, 0.1) is 30.7 Å². The number of aliphatic imine (C=N–C) groups is 1. The topological polar surface area (TPSA) is 98.6 Å². The smallest absolute Gasteiger partial charge is 0.258 e. The van der Waals surface area contributed by atoms with E-state index in [0.717, 1.165) is 43.6 Å². The van der Waals surface area contributed by atoms with Crippen molar-refractivity contribution in [2.24, 2.45) is 4.99 Å². The Hall–Kier alpha value is -3.56. The first-order valence-corrected chi connectivity index (χ1v) is 11.3. The van der Waals surface area contributed by atoms with Crippen LogP contribution in [0, 0.1) is 20.2 Å². The fraction of sp³-hybridized carbons (Fsp3) is 0.0870. The summed E-state index contributed by atoms with van der Waals surface area (Å²) in [5.41, 5.74) is 1.08. The second kappa shape index (κ2) is 9.29. The summed E-state index contributed by atoms with van der Waals surface area (Å²) in [5, 5.41) is 24.7. The molecule has 1 aromatic heterocycles. The van der Waals surface area contributed by atoms with Crippen LogP contribution in [0.1, 0.15) is 17.4 Å². The molecule has 32 heavy (non-hydrogen) atoms. The molecule has 0 aliphatic rings. The minimum Gasteiger partial charge on any atom is -0.258 e. The highest BCUT2D eigenvalue weighted by atomic mass is 32.2. The molecule has 1 heterocycles. The number of nitro groups is 2. The molecular formula is C23H17N3O4S2. The van der Waals surface area contributed by atoms with E-state index in [4.69, 9.17) is 0 Å². The lowest BCUT2D eigenvalue weighted by Gasteiger charge is -2.03. The van der Waals surface area contributed by atoms with Crippen molar-refractivity contribution in [1.29, 1.82) is 0 Å². The second-order valence-electron chi connectivity index (χ2n) is 6.87. The van der Waals surface area contributed by atoms with Gasteiger partial charge in [0.15, 0.2) is 0 Å². The molecule has 0 spiro atoms. The van der Waals surface area contributed by atoms with E-state index in [1.165, 1.54) is 35.2 Å². The van der Waals surface area contributed by atoms with Crippen molar-refractivity contribution in [3.63, 3.8) is 0 Å². The fourth-order valence-electron chi connectivity index (χ4n) is 3.13. The first kappa shape index (κ1) is 21.7. The van der Waals surface area contributed by atoms with Crippen molar-refractivity contribution in [2.45, 2.75) is 22.4 Å². The van der Waals surface area contributed by atoms with Crippen molar-refractivity contribution < 1.29 is 9.85 Å². The lowest BCUT2D eigenvalue weighted by atomic mass is 10.1. The Morgan fingerprint density at radius 1 is 0.969 bits per heavy atom. The number of hydrogen-bond acceptors (Lipinski definition) is 7. The van der Waals surface area contributed by atoms with E-state index in [9.17, 15) is 20.2 Å². The van der Waals surface area contributed by atoms with Crippen LogP contribution < -0.4 is 0 Å². The minimum atomic E-state index is -0.635. The van der Waals surface area contributed by atoms with Crippen LogP contribution in [0.3, 0.4) is 0 Å². The number of rotatable bonds is 7. The number of nitrogens with zero attached hydrogens (tertiary/aromatic N) is 3. The summed E-state index contributed by atoms with van der Waals surface area (Å²) in [4.78, 5) is 27.4. The Kier molecular flexibility index (Phi) is 6.29. The number of non-ortho nitro benzene ring substituents is 1. The molecule has 0 saturated heterocycles. The van der Waals surface area contributed by atoms with E-state index in [1.807, 2.05) is 55.5 Å². The van der Waals surface area contributed by atoms with Crippen LogP contribution in [0.2, 0.25) is 0 Å². The lowest BCUT2D eigenvalue weighted by Crippen LogP contribution is -1.94. The number of thiophene rings is 1. The van der Waals surface area contributed by atoms with Gasteiger partial charge in [0, 0.05) is 22.7 Å². The van der Waals surface area contributed by atoms with Crippen LogP contribution in [0.5, 0.6) is 0 Å². The highest BCUT2D eigenvalue weighted by Crippen LogP contribution is 2.42. The third-order valence-corrected chi connectivity index (χ3v) is 7.34. The zero-order valence-electron chi connectivity index (χ0n) is 16.9. The monoisotopic (exact) mass is 463 g/mol. The van der Waals surface area contributed by atoms with Crippen molar-refractivity contribution in [3.8, 4) is 0 Å². The standard InChI is InChI=1S/C23H17N3O4S2/c1-2-20-12-17(14-24-18-8-7-15-5-3-4-6-16(15)11-18)23(31-20)32-22-10-9-19(25(27)28)13-21(22)26(29)30/h3-14H,2H2,1H3. The van der Waals surface area contributed by atoms with Crippen LogP contribution in [-0.4, -0.2) is 16.1 Å². The van der Waals surface area contributed by atoms with Crippen LogP contribution >= 0.6 is 23.1 Å². The molecule has 7 nitrogen and oxygen atoms in total. The van der Waals surface area contributed by atoms with Gasteiger partial charge in [-0.1, -0.05) is 49.0 Å². The van der Waals surface area contributed by atoms with E-state index in [0.29, 0.717) is 4.90 Å². The Morgan fingerprint density at radius 3 is 2.47 bits per heavy atom. The summed E-state index contributed by atoms with van der Waals surface area (Å²) in [7, 11) is 0. The summed E-state index contributed by atoms with van der Waals surface area (Å²) in [5.74, 6) is 0. The molecule has 0 aliphatic heterocycles. The van der Waals surface area contributed by atoms with Gasteiger partial charge >= 0.3 is 0 Å². The molecule has 0 N–H and O–H groups in total. The normalized spacial score (nSPS) is 11.3. The van der Waals surface area contributed by atoms with E-state index in [1.54, 1.807) is 6.21 Å². The van der Waals surface area contributed by atoms with E-state index >= 15 is 0 Å². The molecule has 0 fully saturated rings. The molecule has 0 unspecified atom stereocenters. The average molecular weight is 464 g/mol. The van der Waals surface area contributed by atoms with Gasteiger partial charge in [-0.05, 0) is 41.5 Å². The Balaban J connectivity index is 1.67. The molecule has 0 saturated carbocycles. The first-order valence-electron chi connectivity index (χ1n) is 9.71. The fourth-order valence-corrected chi connectivity index (χ4v) is 5.49. The van der Waals surface area contributed by atoms with Gasteiger partial charge in [-0.15, -0.1) is 11.3 Å². The maximum Gasteiger partial charge on any atom is 0.290 e. The molecule has 0 aliphatic carbocycles. The molecule has 9 heteroatoms. The van der Waals surface area contributed by atoms with Crippen LogP contribution in [0.15, 0.2) is 80.8 Å². The van der Waals surface area contributed by atoms with E-state index < -0.39 is 9.85 Å². The highest BCUT2D eigenvalue weighted by molar-refractivity contribution is 8.01. The third-order valence-electron chi connectivity index (χ3n) is 4.76. The quantitative estimate of drug-likeness (QED) is 0.164. The molecule has 4 aromatic rings. The number of aryl methyl sites for hydroxylation is 1. The molecule has 0 radical (unpaired) electrons. The molecule has 0 bridgehead atoms. The molecule has 0 atom stereocenters. The van der Waals surface area contributed by atoms with Crippen LogP contribution in [-0.2, 0) is 6.42 Å². The van der Waals surface area contributed by atoms with Crippen LogP contribution in [0.4, 0.5) is 17.1 Å². The number of fused-ring (bicyclic) bond motifs is 1. The van der Waals surface area contributed by atoms with Gasteiger partial charge in [0.2, 0.25) is 0 Å². The van der Waals surface area contributed by atoms with Gasteiger partial charge in [-0.2, -0.15) is 0 Å². The van der Waals surface area contributed by atoms with Gasteiger partial charge < -0.3 is 0 Å². The molecule has 0 amide bonds. The number of nitro benzene ring substituents is 2. The molecule has 4 rings (SSSR count). The van der Waals surface area contributed by atoms with Crippen molar-refractivity contribution >= 4 is 57.1 Å². The van der Waals surface area contributed by atoms with Gasteiger partial charge in [-0.25, -0.2) is 0 Å².